The van der Waals surface area contributed by atoms with E-state index in [0.29, 0.717) is 48.0 Å². The van der Waals surface area contributed by atoms with Crippen molar-refractivity contribution in [1.82, 2.24) is 14.8 Å². The zero-order valence-corrected chi connectivity index (χ0v) is 23.0. The molecule has 0 saturated carbocycles. The predicted molar refractivity (Wildman–Crippen MR) is 142 cm³/mol. The Bertz CT molecular complexity index is 1290. The number of methoxy groups -OCH3 is 3. The Labute approximate surface area is 227 Å². The van der Waals surface area contributed by atoms with E-state index in [9.17, 15) is 19.5 Å². The molecule has 0 spiro atoms. The minimum atomic E-state index is -0.935. The summed E-state index contributed by atoms with van der Waals surface area (Å²) in [6.07, 6.45) is 0.616. The maximum atomic E-state index is 13.5. The molecule has 11 nitrogen and oxygen atoms in total. The monoisotopic (exact) mass is 541 g/mol. The smallest absolute Gasteiger partial charge is 0.354 e. The number of ketones is 1. The summed E-state index contributed by atoms with van der Waals surface area (Å²) in [6, 6.07) is 4.27. The van der Waals surface area contributed by atoms with Crippen LogP contribution in [0.15, 0.2) is 23.8 Å². The van der Waals surface area contributed by atoms with Gasteiger partial charge in [0.05, 0.1) is 46.2 Å². The molecule has 2 saturated heterocycles. The van der Waals surface area contributed by atoms with E-state index in [4.69, 9.17) is 18.9 Å². The number of carbonyl (C=O) groups is 3. The highest BCUT2D eigenvalue weighted by Crippen LogP contribution is 2.46. The summed E-state index contributed by atoms with van der Waals surface area (Å²) in [5.74, 6) is -1.73. The number of aromatic nitrogens is 1. The number of nitrogens with one attached hydrogen (secondary N) is 1. The Morgan fingerprint density at radius 3 is 2.46 bits per heavy atom. The van der Waals surface area contributed by atoms with Crippen LogP contribution in [-0.2, 0) is 19.1 Å². The van der Waals surface area contributed by atoms with Gasteiger partial charge in [-0.2, -0.15) is 0 Å². The average molecular weight is 542 g/mol. The molecule has 2 aliphatic rings. The van der Waals surface area contributed by atoms with E-state index < -0.39 is 23.7 Å². The van der Waals surface area contributed by atoms with Gasteiger partial charge in [0.2, 0.25) is 0 Å². The standard InChI is InChI=1S/C28H35N3O8/c1-16-20(17(2)29-22(16)28(35)38-5)24(32)21-23(18-8-6-9-19(36-3)26(18)37-4)31(27(34)25(21)33)11-7-10-30-12-14-39-15-13-30/h6,8-9,23,29,32H,7,10-15H2,1-5H3. The van der Waals surface area contributed by atoms with E-state index in [1.54, 1.807) is 32.0 Å². The average Bonchev–Trinajstić information content (AvgIpc) is 3.39. The van der Waals surface area contributed by atoms with E-state index in [-0.39, 0.29) is 29.1 Å². The van der Waals surface area contributed by atoms with Crippen molar-refractivity contribution in [3.63, 3.8) is 0 Å². The number of aromatic amines is 1. The molecule has 0 radical (unpaired) electrons. The summed E-state index contributed by atoms with van der Waals surface area (Å²) < 4.78 is 21.4. The van der Waals surface area contributed by atoms with Gasteiger partial charge in [-0.05, 0) is 31.9 Å². The first-order chi connectivity index (χ1) is 18.7. The van der Waals surface area contributed by atoms with Crippen molar-refractivity contribution in [3.8, 4) is 11.5 Å². The number of morpholine rings is 1. The number of Topliss-reactive ketones (excluding diaryl/α,β-unsaturated/α-hetero) is 1. The van der Waals surface area contributed by atoms with Gasteiger partial charge in [-0.15, -0.1) is 0 Å². The van der Waals surface area contributed by atoms with E-state index in [2.05, 4.69) is 9.88 Å². The number of aliphatic hydroxyl groups is 1. The third kappa shape index (κ3) is 5.24. The van der Waals surface area contributed by atoms with Gasteiger partial charge in [0.15, 0.2) is 11.5 Å². The van der Waals surface area contributed by atoms with Crippen LogP contribution in [-0.4, -0.2) is 98.3 Å². The lowest BCUT2D eigenvalue weighted by Gasteiger charge is -2.30. The second kappa shape index (κ2) is 11.9. The second-order valence-corrected chi connectivity index (χ2v) is 9.50. The first-order valence-electron chi connectivity index (χ1n) is 12.8. The van der Waals surface area contributed by atoms with Crippen LogP contribution in [0.25, 0.3) is 5.76 Å². The van der Waals surface area contributed by atoms with Gasteiger partial charge in [0.1, 0.15) is 11.5 Å². The van der Waals surface area contributed by atoms with Gasteiger partial charge in [0.25, 0.3) is 11.7 Å². The minimum Gasteiger partial charge on any atom is -0.507 e. The van der Waals surface area contributed by atoms with Crippen LogP contribution in [0.3, 0.4) is 0 Å². The third-order valence-corrected chi connectivity index (χ3v) is 7.31. The van der Waals surface area contributed by atoms with Crippen LogP contribution in [0.2, 0.25) is 0 Å². The fraction of sp³-hybridized carbons (Fsp3) is 0.464. The minimum absolute atomic E-state index is 0.0838. The number of benzene rings is 1. The Morgan fingerprint density at radius 1 is 1.10 bits per heavy atom. The molecule has 0 aliphatic carbocycles. The molecule has 39 heavy (non-hydrogen) atoms. The lowest BCUT2D eigenvalue weighted by atomic mass is 9.93. The number of amides is 1. The van der Waals surface area contributed by atoms with E-state index >= 15 is 0 Å². The quantitative estimate of drug-likeness (QED) is 0.213. The largest absolute Gasteiger partial charge is 0.507 e. The molecule has 3 heterocycles. The summed E-state index contributed by atoms with van der Waals surface area (Å²) in [4.78, 5) is 45.9. The van der Waals surface area contributed by atoms with Crippen LogP contribution in [0, 0.1) is 13.8 Å². The van der Waals surface area contributed by atoms with Gasteiger partial charge in [-0.25, -0.2) is 4.79 Å². The van der Waals surface area contributed by atoms with E-state index in [1.807, 2.05) is 0 Å². The number of likely N-dealkylation sites (tertiary alicyclic amines) is 1. The molecular weight excluding hydrogens is 506 g/mol. The molecule has 0 bridgehead atoms. The van der Waals surface area contributed by atoms with Crippen LogP contribution >= 0.6 is 0 Å². The number of nitrogens with zero attached hydrogens (tertiary/aromatic N) is 2. The molecule has 1 amide bonds. The van der Waals surface area contributed by atoms with Crippen LogP contribution in [0.5, 0.6) is 11.5 Å². The van der Waals surface area contributed by atoms with Crippen molar-refractivity contribution in [1.29, 1.82) is 0 Å². The molecule has 2 fully saturated rings. The van der Waals surface area contributed by atoms with Gasteiger partial charge < -0.3 is 33.9 Å². The molecular formula is C28H35N3O8. The fourth-order valence-corrected chi connectivity index (χ4v) is 5.40. The van der Waals surface area contributed by atoms with Crippen molar-refractivity contribution in [3.05, 3.63) is 51.9 Å². The Hall–Kier alpha value is -3.83. The summed E-state index contributed by atoms with van der Waals surface area (Å²) >= 11 is 0. The third-order valence-electron chi connectivity index (χ3n) is 7.31. The summed E-state index contributed by atoms with van der Waals surface area (Å²) in [5, 5.41) is 11.6. The Morgan fingerprint density at radius 2 is 1.82 bits per heavy atom. The zero-order valence-electron chi connectivity index (χ0n) is 23.0. The van der Waals surface area contributed by atoms with Crippen molar-refractivity contribution in [2.45, 2.75) is 26.3 Å². The zero-order chi connectivity index (χ0) is 28.3. The van der Waals surface area contributed by atoms with E-state index in [0.717, 1.165) is 19.6 Å². The fourth-order valence-electron chi connectivity index (χ4n) is 5.40. The molecule has 2 N–H and O–H groups in total. The van der Waals surface area contributed by atoms with Gasteiger partial charge >= 0.3 is 5.97 Å². The maximum absolute atomic E-state index is 13.5. The van der Waals surface area contributed by atoms with Gasteiger partial charge in [-0.3, -0.25) is 14.5 Å². The number of ether oxygens (including phenoxy) is 4. The number of rotatable bonds is 9. The lowest BCUT2D eigenvalue weighted by molar-refractivity contribution is -0.140. The first kappa shape index (κ1) is 28.2. The van der Waals surface area contributed by atoms with Crippen LogP contribution in [0.4, 0.5) is 0 Å². The van der Waals surface area contributed by atoms with Gasteiger partial charge in [-0.1, -0.05) is 12.1 Å². The van der Waals surface area contributed by atoms with Crippen LogP contribution < -0.4 is 9.47 Å². The summed E-state index contributed by atoms with van der Waals surface area (Å²) in [5.41, 5.74) is 1.72. The topological polar surface area (TPSA) is 131 Å². The number of hydrogen-bond acceptors (Lipinski definition) is 9. The highest BCUT2D eigenvalue weighted by molar-refractivity contribution is 6.46. The SMILES string of the molecule is COC(=O)c1[nH]c(C)c(C(O)=C2C(=O)C(=O)N(CCCN3CCOCC3)C2c2cccc(OC)c2OC)c1C. The maximum Gasteiger partial charge on any atom is 0.354 e. The molecule has 2 aromatic rings. The number of esters is 1. The normalized spacial score (nSPS) is 19.4. The number of para-hydroxylation sites is 1. The molecule has 1 atom stereocenters. The van der Waals surface area contributed by atoms with Crippen molar-refractivity contribution < 1.29 is 38.4 Å². The number of H-pyrrole nitrogens is 1. The highest BCUT2D eigenvalue weighted by atomic mass is 16.5. The van der Waals surface area contributed by atoms with Crippen molar-refractivity contribution >= 4 is 23.4 Å². The number of aliphatic hydroxyl groups excluding tert-OH is 1. The Balaban J connectivity index is 1.83. The van der Waals surface area contributed by atoms with Crippen LogP contribution in [0.1, 0.15) is 45.3 Å². The molecule has 4 rings (SSSR count). The van der Waals surface area contributed by atoms with Crippen molar-refractivity contribution in [2.24, 2.45) is 0 Å². The van der Waals surface area contributed by atoms with E-state index in [1.165, 1.54) is 26.2 Å². The lowest BCUT2D eigenvalue weighted by Crippen LogP contribution is -2.39. The number of aryl methyl sites for hydroxylation is 1. The molecule has 2 aliphatic heterocycles. The summed E-state index contributed by atoms with van der Waals surface area (Å²) in [7, 11) is 4.24. The molecule has 1 unspecified atom stereocenters. The highest BCUT2D eigenvalue weighted by Gasteiger charge is 2.47. The summed E-state index contributed by atoms with van der Waals surface area (Å²) in [6.45, 7) is 7.26. The number of carbonyl (C=O) groups excluding carboxylic acids is 3. The molecule has 11 heteroatoms. The molecule has 1 aromatic heterocycles. The second-order valence-electron chi connectivity index (χ2n) is 9.50. The Kier molecular flexibility index (Phi) is 8.61. The number of hydrogen-bond donors (Lipinski definition) is 2. The predicted octanol–water partition coefficient (Wildman–Crippen LogP) is 2.58. The first-order valence-corrected chi connectivity index (χ1v) is 12.8. The molecule has 1 aromatic carbocycles. The van der Waals surface area contributed by atoms with Gasteiger partial charge in [0, 0.05) is 43.0 Å². The van der Waals surface area contributed by atoms with Crippen molar-refractivity contribution in [2.75, 3.05) is 60.7 Å². The molecule has 210 valence electrons.